The molecule has 1 heterocycles. The summed E-state index contributed by atoms with van der Waals surface area (Å²) in [4.78, 5) is 12.2. The van der Waals surface area contributed by atoms with Gasteiger partial charge in [-0.05, 0) is 13.3 Å². The molecule has 1 aliphatic heterocycles. The van der Waals surface area contributed by atoms with Crippen LogP contribution in [0.4, 0.5) is 0 Å². The molecule has 1 rings (SSSR count). The Labute approximate surface area is 65.4 Å². The summed E-state index contributed by atoms with van der Waals surface area (Å²) < 4.78 is 0. The van der Waals surface area contributed by atoms with E-state index in [2.05, 4.69) is 0 Å². The van der Waals surface area contributed by atoms with Gasteiger partial charge in [0.15, 0.2) is 0 Å². The average Bonchev–Trinajstić information content (AvgIpc) is 2.34. The quantitative estimate of drug-likeness (QED) is 0.571. The van der Waals surface area contributed by atoms with Gasteiger partial charge in [0.2, 0.25) is 0 Å². The zero-order valence-corrected chi connectivity index (χ0v) is 6.53. The lowest BCUT2D eigenvalue weighted by molar-refractivity contribution is -0.142. The summed E-state index contributed by atoms with van der Waals surface area (Å²) in [7, 11) is 0. The molecule has 64 valence electrons. The normalized spacial score (nSPS) is 28.7. The van der Waals surface area contributed by atoms with Gasteiger partial charge in [-0.25, -0.2) is 0 Å². The maximum Gasteiger partial charge on any atom is 0.320 e. The molecule has 1 fully saturated rings. The van der Waals surface area contributed by atoms with Crippen molar-refractivity contribution in [3.63, 3.8) is 0 Å². The maximum absolute atomic E-state index is 10.5. The van der Waals surface area contributed by atoms with Crippen LogP contribution in [0.15, 0.2) is 0 Å². The molecule has 0 saturated carbocycles. The van der Waals surface area contributed by atoms with Gasteiger partial charge in [0.1, 0.15) is 6.04 Å². The molecule has 1 saturated heterocycles. The van der Waals surface area contributed by atoms with Crippen LogP contribution in [0, 0.1) is 0 Å². The van der Waals surface area contributed by atoms with Crippen LogP contribution in [-0.4, -0.2) is 46.3 Å². The molecule has 0 spiro atoms. The summed E-state index contributed by atoms with van der Waals surface area (Å²) >= 11 is 0. The second-order valence-corrected chi connectivity index (χ2v) is 2.95. The molecular weight excluding hydrogens is 146 g/mol. The maximum atomic E-state index is 10.5. The Bertz CT molecular complexity index is 160. The zero-order valence-electron chi connectivity index (χ0n) is 6.53. The average molecular weight is 159 g/mol. The minimum atomic E-state index is -0.820. The van der Waals surface area contributed by atoms with E-state index in [0.717, 1.165) is 0 Å². The second kappa shape index (κ2) is 3.19. The highest BCUT2D eigenvalue weighted by Crippen LogP contribution is 2.11. The van der Waals surface area contributed by atoms with Gasteiger partial charge in [-0.15, -0.1) is 0 Å². The topological polar surface area (TPSA) is 60.8 Å². The third-order valence-electron chi connectivity index (χ3n) is 2.10. The van der Waals surface area contributed by atoms with Crippen LogP contribution in [0.5, 0.6) is 0 Å². The van der Waals surface area contributed by atoms with E-state index >= 15 is 0 Å². The number of hydrogen-bond donors (Lipinski definition) is 2. The number of aliphatic carboxylic acids is 1. The number of aliphatic hydroxyl groups excluding tert-OH is 1. The van der Waals surface area contributed by atoms with E-state index in [4.69, 9.17) is 10.2 Å². The number of carboxylic acids is 1. The van der Waals surface area contributed by atoms with Crippen LogP contribution in [0.1, 0.15) is 13.3 Å². The molecule has 0 aromatic carbocycles. The highest BCUT2D eigenvalue weighted by atomic mass is 16.4. The van der Waals surface area contributed by atoms with E-state index in [1.807, 2.05) is 0 Å². The van der Waals surface area contributed by atoms with Gasteiger partial charge in [0.25, 0.3) is 0 Å². The van der Waals surface area contributed by atoms with Crippen molar-refractivity contribution in [3.8, 4) is 0 Å². The van der Waals surface area contributed by atoms with Crippen molar-refractivity contribution in [2.45, 2.75) is 25.5 Å². The van der Waals surface area contributed by atoms with Gasteiger partial charge in [-0.1, -0.05) is 0 Å². The number of aliphatic hydroxyl groups is 1. The van der Waals surface area contributed by atoms with Gasteiger partial charge in [0, 0.05) is 13.1 Å². The first-order chi connectivity index (χ1) is 5.11. The first kappa shape index (κ1) is 8.49. The minimum Gasteiger partial charge on any atom is -0.480 e. The van der Waals surface area contributed by atoms with Crippen LogP contribution in [0.25, 0.3) is 0 Å². The molecule has 4 heteroatoms. The lowest BCUT2D eigenvalue weighted by atomic mass is 10.3. The Morgan fingerprint density at radius 3 is 2.73 bits per heavy atom. The van der Waals surface area contributed by atoms with Crippen LogP contribution in [-0.2, 0) is 4.79 Å². The highest BCUT2D eigenvalue weighted by Gasteiger charge is 2.27. The van der Waals surface area contributed by atoms with Crippen molar-refractivity contribution in [2.24, 2.45) is 0 Å². The number of carbonyl (C=O) groups is 1. The van der Waals surface area contributed by atoms with Gasteiger partial charge in [-0.2, -0.15) is 0 Å². The fourth-order valence-corrected chi connectivity index (χ4v) is 1.28. The highest BCUT2D eigenvalue weighted by molar-refractivity contribution is 5.72. The van der Waals surface area contributed by atoms with Crippen molar-refractivity contribution < 1.29 is 15.0 Å². The monoisotopic (exact) mass is 159 g/mol. The number of hydrogen-bond acceptors (Lipinski definition) is 3. The molecule has 0 aliphatic carbocycles. The number of carboxylic acid groups (broad SMARTS) is 1. The van der Waals surface area contributed by atoms with Crippen LogP contribution in [0.3, 0.4) is 0 Å². The molecule has 2 atom stereocenters. The Balaban J connectivity index is 2.43. The molecule has 1 unspecified atom stereocenters. The van der Waals surface area contributed by atoms with Gasteiger partial charge < -0.3 is 10.2 Å². The largest absolute Gasteiger partial charge is 0.480 e. The lowest BCUT2D eigenvalue weighted by Crippen LogP contribution is -2.37. The summed E-state index contributed by atoms with van der Waals surface area (Å²) in [5.41, 5.74) is 0. The van der Waals surface area contributed by atoms with E-state index in [1.54, 1.807) is 11.8 Å². The Kier molecular flexibility index (Phi) is 2.46. The van der Waals surface area contributed by atoms with Crippen molar-refractivity contribution in [2.75, 3.05) is 13.1 Å². The SMILES string of the molecule is CC(C(=O)O)N1CC[C@H](O)C1. The fraction of sp³-hybridized carbons (Fsp3) is 0.857. The Hall–Kier alpha value is -0.610. The predicted octanol–water partition coefficient (Wildman–Crippen LogP) is -0.474. The van der Waals surface area contributed by atoms with Gasteiger partial charge in [-0.3, -0.25) is 9.69 Å². The molecule has 11 heavy (non-hydrogen) atoms. The van der Waals surface area contributed by atoms with Crippen molar-refractivity contribution in [1.29, 1.82) is 0 Å². The Morgan fingerprint density at radius 2 is 2.36 bits per heavy atom. The first-order valence-electron chi connectivity index (χ1n) is 3.76. The van der Waals surface area contributed by atoms with Crippen molar-refractivity contribution >= 4 is 5.97 Å². The van der Waals surface area contributed by atoms with Crippen molar-refractivity contribution in [3.05, 3.63) is 0 Å². The van der Waals surface area contributed by atoms with Gasteiger partial charge >= 0.3 is 5.97 Å². The zero-order chi connectivity index (χ0) is 8.43. The van der Waals surface area contributed by atoms with E-state index in [0.29, 0.717) is 19.5 Å². The summed E-state index contributed by atoms with van der Waals surface area (Å²) in [6.45, 7) is 2.82. The minimum absolute atomic E-state index is 0.336. The van der Waals surface area contributed by atoms with Crippen molar-refractivity contribution in [1.82, 2.24) is 4.90 Å². The number of β-amino-alcohol motifs (C(OH)–C–C–N with tert-alkyl or cyclic N) is 1. The van der Waals surface area contributed by atoms with Crippen LogP contribution in [0.2, 0.25) is 0 Å². The predicted molar refractivity (Wildman–Crippen MR) is 39.3 cm³/mol. The fourth-order valence-electron chi connectivity index (χ4n) is 1.28. The first-order valence-corrected chi connectivity index (χ1v) is 3.76. The smallest absolute Gasteiger partial charge is 0.320 e. The second-order valence-electron chi connectivity index (χ2n) is 2.95. The number of likely N-dealkylation sites (tertiary alicyclic amines) is 1. The summed E-state index contributed by atoms with van der Waals surface area (Å²) in [5, 5.41) is 17.7. The summed E-state index contributed by atoms with van der Waals surface area (Å²) in [6, 6.07) is -0.466. The van der Waals surface area contributed by atoms with E-state index < -0.39 is 12.0 Å². The molecule has 4 nitrogen and oxygen atoms in total. The van der Waals surface area contributed by atoms with E-state index in [1.165, 1.54) is 0 Å². The molecule has 0 bridgehead atoms. The summed E-state index contributed by atoms with van der Waals surface area (Å²) in [6.07, 6.45) is 0.356. The third-order valence-corrected chi connectivity index (χ3v) is 2.10. The molecule has 1 aliphatic rings. The molecule has 2 N–H and O–H groups in total. The standard InChI is InChI=1S/C7H13NO3/c1-5(7(10)11)8-3-2-6(9)4-8/h5-6,9H,2-4H2,1H3,(H,10,11)/t5?,6-/m0/s1. The molecular formula is C7H13NO3. The third kappa shape index (κ3) is 1.91. The summed E-state index contributed by atoms with van der Waals surface area (Å²) in [5.74, 6) is -0.820. The molecule has 0 aromatic heterocycles. The number of rotatable bonds is 2. The van der Waals surface area contributed by atoms with Crippen LogP contribution < -0.4 is 0 Å². The molecule has 0 amide bonds. The molecule has 0 radical (unpaired) electrons. The van der Waals surface area contributed by atoms with Crippen LogP contribution >= 0.6 is 0 Å². The van der Waals surface area contributed by atoms with Gasteiger partial charge in [0.05, 0.1) is 6.10 Å². The van der Waals surface area contributed by atoms with E-state index in [-0.39, 0.29) is 6.10 Å². The Morgan fingerprint density at radius 1 is 1.73 bits per heavy atom. The van der Waals surface area contributed by atoms with E-state index in [9.17, 15) is 4.79 Å². The number of nitrogens with zero attached hydrogens (tertiary/aromatic N) is 1. The molecule has 0 aromatic rings. The lowest BCUT2D eigenvalue weighted by Gasteiger charge is -2.19.